The van der Waals surface area contributed by atoms with Gasteiger partial charge >= 0.3 is 0 Å². The summed E-state index contributed by atoms with van der Waals surface area (Å²) in [5.41, 5.74) is 4.56. The Hall–Kier alpha value is -3.50. The smallest absolute Gasteiger partial charge is 0.130 e. The molecule has 3 aromatic rings. The van der Waals surface area contributed by atoms with Crippen molar-refractivity contribution in [3.05, 3.63) is 100 Å². The molecule has 0 aromatic heterocycles. The largest absolute Gasteiger partial charge is 0.488 e. The van der Waals surface area contributed by atoms with Crippen LogP contribution in [-0.2, 0) is 19.8 Å². The van der Waals surface area contributed by atoms with Crippen molar-refractivity contribution in [1.82, 2.24) is 0 Å². The van der Waals surface area contributed by atoms with E-state index in [4.69, 9.17) is 11.2 Å². The molecule has 0 bridgehead atoms. The molecule has 0 radical (unpaired) electrons. The lowest BCUT2D eigenvalue weighted by Gasteiger charge is -2.15. The van der Waals surface area contributed by atoms with Crippen molar-refractivity contribution in [2.45, 2.75) is 19.8 Å². The molecular weight excluding hydrogens is 348 g/mol. The van der Waals surface area contributed by atoms with Crippen LogP contribution >= 0.6 is 0 Å². The van der Waals surface area contributed by atoms with Gasteiger partial charge in [0.1, 0.15) is 12.4 Å². The number of terminal acetylenes is 1. The minimum absolute atomic E-state index is 0.216. The fourth-order valence-electron chi connectivity index (χ4n) is 2.76. The third-order valence-corrected chi connectivity index (χ3v) is 4.21. The summed E-state index contributed by atoms with van der Waals surface area (Å²) in [5.74, 6) is 9.25. The van der Waals surface area contributed by atoms with E-state index in [2.05, 4.69) is 17.8 Å². The molecule has 3 rings (SSSR count). The molecule has 0 unspecified atom stereocenters. The van der Waals surface area contributed by atoms with Crippen LogP contribution in [0.15, 0.2) is 66.7 Å². The molecule has 3 heteroatoms. The SMILES string of the molecule is C#Cc1cc(CO)c(OCc2ccc(C#Cc3ccccc3)cc2)c(CO)c1. The van der Waals surface area contributed by atoms with Crippen molar-refractivity contribution in [2.24, 2.45) is 0 Å². The average Bonchev–Trinajstić information content (AvgIpc) is 2.77. The van der Waals surface area contributed by atoms with Gasteiger partial charge in [-0.15, -0.1) is 6.42 Å². The zero-order valence-corrected chi connectivity index (χ0v) is 15.4. The lowest BCUT2D eigenvalue weighted by atomic mass is 10.0. The predicted molar refractivity (Wildman–Crippen MR) is 109 cm³/mol. The molecule has 138 valence electrons. The number of aliphatic hydroxyl groups excluding tert-OH is 2. The van der Waals surface area contributed by atoms with E-state index in [-0.39, 0.29) is 13.2 Å². The first-order chi connectivity index (χ1) is 13.7. The fraction of sp³-hybridized carbons (Fsp3) is 0.120. The summed E-state index contributed by atoms with van der Waals surface area (Å²) in [6, 6.07) is 21.0. The summed E-state index contributed by atoms with van der Waals surface area (Å²) in [4.78, 5) is 0. The van der Waals surface area contributed by atoms with Gasteiger partial charge in [-0.3, -0.25) is 0 Å². The second kappa shape index (κ2) is 9.44. The minimum atomic E-state index is -0.216. The van der Waals surface area contributed by atoms with Crippen LogP contribution in [0.2, 0.25) is 0 Å². The molecule has 28 heavy (non-hydrogen) atoms. The number of benzene rings is 3. The van der Waals surface area contributed by atoms with Gasteiger partial charge in [0.15, 0.2) is 0 Å². The number of rotatable bonds is 5. The molecule has 0 saturated carbocycles. The molecule has 0 saturated heterocycles. The molecule has 0 amide bonds. The van der Waals surface area contributed by atoms with Crippen molar-refractivity contribution >= 4 is 0 Å². The van der Waals surface area contributed by atoms with E-state index in [1.165, 1.54) is 0 Å². The van der Waals surface area contributed by atoms with Gasteiger partial charge in [-0.1, -0.05) is 48.1 Å². The highest BCUT2D eigenvalue weighted by atomic mass is 16.5. The second-order valence-electron chi connectivity index (χ2n) is 6.19. The van der Waals surface area contributed by atoms with Crippen LogP contribution in [0.1, 0.15) is 33.4 Å². The van der Waals surface area contributed by atoms with E-state index >= 15 is 0 Å². The number of ether oxygens (including phenoxy) is 1. The standard InChI is InChI=1S/C25H20O3/c1-2-19-14-23(16-26)25(24(15-19)17-27)28-18-22-12-10-21(11-13-22)9-8-20-6-4-3-5-7-20/h1,3-7,10-15,26-27H,16-18H2. The average molecular weight is 368 g/mol. The van der Waals surface area contributed by atoms with E-state index < -0.39 is 0 Å². The van der Waals surface area contributed by atoms with Gasteiger partial charge in [0.25, 0.3) is 0 Å². The molecule has 0 aliphatic carbocycles. The highest BCUT2D eigenvalue weighted by molar-refractivity contribution is 5.49. The molecule has 0 atom stereocenters. The Morgan fingerprint density at radius 1 is 0.750 bits per heavy atom. The maximum absolute atomic E-state index is 9.60. The minimum Gasteiger partial charge on any atom is -0.488 e. The first-order valence-electron chi connectivity index (χ1n) is 8.86. The zero-order chi connectivity index (χ0) is 19.8. The van der Waals surface area contributed by atoms with Crippen molar-refractivity contribution in [3.63, 3.8) is 0 Å². The quantitative estimate of drug-likeness (QED) is 0.676. The van der Waals surface area contributed by atoms with Crippen LogP contribution in [0.5, 0.6) is 5.75 Å². The van der Waals surface area contributed by atoms with Crippen molar-refractivity contribution < 1.29 is 14.9 Å². The Morgan fingerprint density at radius 2 is 1.32 bits per heavy atom. The van der Waals surface area contributed by atoms with Gasteiger partial charge < -0.3 is 14.9 Å². The Kier molecular flexibility index (Phi) is 6.50. The Bertz CT molecular complexity index is 1010. The van der Waals surface area contributed by atoms with Crippen LogP contribution in [0.3, 0.4) is 0 Å². The summed E-state index contributed by atoms with van der Waals surface area (Å²) in [5, 5.41) is 19.2. The molecular formula is C25H20O3. The lowest BCUT2D eigenvalue weighted by molar-refractivity contribution is 0.242. The highest BCUT2D eigenvalue weighted by Gasteiger charge is 2.11. The van der Waals surface area contributed by atoms with E-state index in [1.807, 2.05) is 54.6 Å². The normalized spacial score (nSPS) is 9.89. The summed E-state index contributed by atoms with van der Waals surface area (Å²) >= 11 is 0. The zero-order valence-electron chi connectivity index (χ0n) is 15.4. The van der Waals surface area contributed by atoms with Gasteiger partial charge in [0.05, 0.1) is 13.2 Å². The maximum atomic E-state index is 9.60. The number of hydrogen-bond donors (Lipinski definition) is 2. The monoisotopic (exact) mass is 368 g/mol. The molecule has 0 heterocycles. The van der Waals surface area contributed by atoms with Gasteiger partial charge in [-0.05, 0) is 42.0 Å². The molecule has 3 aromatic carbocycles. The molecule has 0 aliphatic heterocycles. The maximum Gasteiger partial charge on any atom is 0.130 e. The topological polar surface area (TPSA) is 49.7 Å². The van der Waals surface area contributed by atoms with Crippen LogP contribution in [0.25, 0.3) is 0 Å². The van der Waals surface area contributed by atoms with E-state index in [1.54, 1.807) is 12.1 Å². The van der Waals surface area contributed by atoms with Crippen molar-refractivity contribution in [1.29, 1.82) is 0 Å². The summed E-state index contributed by atoms with van der Waals surface area (Å²) in [6.45, 7) is -0.125. The summed E-state index contributed by atoms with van der Waals surface area (Å²) in [6.07, 6.45) is 5.42. The van der Waals surface area contributed by atoms with Crippen LogP contribution in [-0.4, -0.2) is 10.2 Å². The molecule has 0 aliphatic rings. The van der Waals surface area contributed by atoms with Gasteiger partial charge in [0, 0.05) is 27.8 Å². The van der Waals surface area contributed by atoms with Gasteiger partial charge in [0.2, 0.25) is 0 Å². The fourth-order valence-corrected chi connectivity index (χ4v) is 2.76. The number of hydrogen-bond acceptors (Lipinski definition) is 3. The predicted octanol–water partition coefficient (Wildman–Crippen LogP) is 3.63. The third kappa shape index (κ3) is 4.81. The summed E-state index contributed by atoms with van der Waals surface area (Å²) < 4.78 is 5.88. The van der Waals surface area contributed by atoms with E-state index in [9.17, 15) is 10.2 Å². The molecule has 0 spiro atoms. The van der Waals surface area contributed by atoms with Crippen molar-refractivity contribution in [3.8, 4) is 29.9 Å². The summed E-state index contributed by atoms with van der Waals surface area (Å²) in [7, 11) is 0. The van der Waals surface area contributed by atoms with Crippen LogP contribution in [0, 0.1) is 24.2 Å². The molecule has 3 nitrogen and oxygen atoms in total. The van der Waals surface area contributed by atoms with E-state index in [0.717, 1.165) is 16.7 Å². The molecule has 2 N–H and O–H groups in total. The van der Waals surface area contributed by atoms with E-state index in [0.29, 0.717) is 29.0 Å². The first-order valence-corrected chi connectivity index (χ1v) is 8.86. The highest BCUT2D eigenvalue weighted by Crippen LogP contribution is 2.27. The van der Waals surface area contributed by atoms with Crippen molar-refractivity contribution in [2.75, 3.05) is 0 Å². The second-order valence-corrected chi connectivity index (χ2v) is 6.19. The number of aliphatic hydroxyl groups is 2. The third-order valence-electron chi connectivity index (χ3n) is 4.21. The Morgan fingerprint density at radius 3 is 1.86 bits per heavy atom. The van der Waals surface area contributed by atoms with Crippen LogP contribution in [0.4, 0.5) is 0 Å². The van der Waals surface area contributed by atoms with Crippen LogP contribution < -0.4 is 4.74 Å². The first kappa shape index (κ1) is 19.3. The van der Waals surface area contributed by atoms with Gasteiger partial charge in [-0.25, -0.2) is 0 Å². The Labute approximate surface area is 165 Å². The lowest BCUT2D eigenvalue weighted by Crippen LogP contribution is -2.03. The molecule has 0 fully saturated rings. The Balaban J connectivity index is 1.72. The van der Waals surface area contributed by atoms with Gasteiger partial charge in [-0.2, -0.15) is 0 Å².